The van der Waals surface area contributed by atoms with Crippen molar-refractivity contribution in [2.24, 2.45) is 0 Å². The Hall–Kier alpha value is -2.69. The van der Waals surface area contributed by atoms with Gasteiger partial charge < -0.3 is 10.0 Å². The first-order valence-electron chi connectivity index (χ1n) is 8.67. The number of aromatic nitrogens is 1. The van der Waals surface area contributed by atoms with E-state index in [0.717, 1.165) is 25.8 Å². The minimum absolute atomic E-state index is 0.0507. The molecule has 3 rings (SSSR count). The Bertz CT molecular complexity index is 743. The summed E-state index contributed by atoms with van der Waals surface area (Å²) >= 11 is 0. The van der Waals surface area contributed by atoms with Gasteiger partial charge in [-0.1, -0.05) is 37.3 Å². The summed E-state index contributed by atoms with van der Waals surface area (Å²) in [6.07, 6.45) is 4.31. The molecule has 0 radical (unpaired) electrons. The van der Waals surface area contributed by atoms with Crippen LogP contribution < -0.4 is 0 Å². The maximum absolute atomic E-state index is 12.9. The van der Waals surface area contributed by atoms with Gasteiger partial charge in [-0.2, -0.15) is 0 Å². The fourth-order valence-electron chi connectivity index (χ4n) is 3.71. The molecule has 0 saturated carbocycles. The first kappa shape index (κ1) is 17.1. The third-order valence-electron chi connectivity index (χ3n) is 4.92. The Balaban J connectivity index is 1.82. The maximum atomic E-state index is 12.9. The van der Waals surface area contributed by atoms with Gasteiger partial charge in [-0.25, -0.2) is 9.78 Å². The van der Waals surface area contributed by atoms with Crippen LogP contribution in [0.15, 0.2) is 48.7 Å². The lowest BCUT2D eigenvalue weighted by molar-refractivity contribution is 0.0683. The molecule has 1 aromatic carbocycles. The highest BCUT2D eigenvalue weighted by Gasteiger charge is 2.35. The summed E-state index contributed by atoms with van der Waals surface area (Å²) in [6, 6.07) is 13.4. The Morgan fingerprint density at radius 1 is 1.24 bits per heavy atom. The number of pyridine rings is 1. The number of nitrogens with zero attached hydrogens (tertiary/aromatic N) is 2. The van der Waals surface area contributed by atoms with Gasteiger partial charge in [-0.3, -0.25) is 4.79 Å². The lowest BCUT2D eigenvalue weighted by atomic mass is 9.87. The van der Waals surface area contributed by atoms with Crippen molar-refractivity contribution in [2.45, 2.75) is 38.1 Å². The van der Waals surface area contributed by atoms with Crippen LogP contribution in [-0.2, 0) is 0 Å². The van der Waals surface area contributed by atoms with Crippen molar-refractivity contribution < 1.29 is 14.7 Å². The van der Waals surface area contributed by atoms with Crippen molar-refractivity contribution in [3.63, 3.8) is 0 Å². The molecule has 1 saturated heterocycles. The molecule has 2 heterocycles. The highest BCUT2D eigenvalue weighted by atomic mass is 16.4. The van der Waals surface area contributed by atoms with E-state index in [1.54, 1.807) is 6.07 Å². The fourth-order valence-corrected chi connectivity index (χ4v) is 3.71. The van der Waals surface area contributed by atoms with E-state index in [1.807, 2.05) is 23.1 Å². The van der Waals surface area contributed by atoms with Crippen LogP contribution in [0, 0.1) is 0 Å². The van der Waals surface area contributed by atoms with E-state index in [9.17, 15) is 9.59 Å². The number of hydrogen-bond donors (Lipinski definition) is 1. The zero-order chi connectivity index (χ0) is 17.8. The van der Waals surface area contributed by atoms with Crippen LogP contribution in [0.1, 0.15) is 58.5 Å². The van der Waals surface area contributed by atoms with E-state index in [-0.39, 0.29) is 17.6 Å². The average Bonchev–Trinajstić information content (AvgIpc) is 3.12. The lowest BCUT2D eigenvalue weighted by Gasteiger charge is -2.31. The molecule has 1 fully saturated rings. The second-order valence-electron chi connectivity index (χ2n) is 6.37. The molecule has 1 amide bonds. The number of carboxylic acids is 1. The molecule has 1 aromatic heterocycles. The zero-order valence-electron chi connectivity index (χ0n) is 14.3. The Kier molecular flexibility index (Phi) is 5.12. The number of carbonyl (C=O) groups is 2. The molecule has 2 aromatic rings. The molecule has 0 spiro atoms. The van der Waals surface area contributed by atoms with Crippen molar-refractivity contribution in [3.8, 4) is 0 Å². The van der Waals surface area contributed by atoms with E-state index in [0.29, 0.717) is 11.5 Å². The van der Waals surface area contributed by atoms with E-state index in [2.05, 4.69) is 24.0 Å². The van der Waals surface area contributed by atoms with Crippen molar-refractivity contribution in [3.05, 3.63) is 65.5 Å². The Labute approximate surface area is 147 Å². The minimum atomic E-state index is -1.09. The van der Waals surface area contributed by atoms with Crippen molar-refractivity contribution in [2.75, 3.05) is 6.54 Å². The molecule has 0 aliphatic carbocycles. The van der Waals surface area contributed by atoms with E-state index >= 15 is 0 Å². The molecular formula is C20H22N2O3. The molecule has 130 valence electrons. The number of carbonyl (C=O) groups excluding carboxylic acids is 1. The van der Waals surface area contributed by atoms with Crippen molar-refractivity contribution in [1.29, 1.82) is 0 Å². The largest absolute Gasteiger partial charge is 0.477 e. The third kappa shape index (κ3) is 3.55. The van der Waals surface area contributed by atoms with Crippen molar-refractivity contribution in [1.82, 2.24) is 9.88 Å². The molecule has 5 nitrogen and oxygen atoms in total. The Morgan fingerprint density at radius 2 is 2.00 bits per heavy atom. The predicted molar refractivity (Wildman–Crippen MR) is 94.7 cm³/mol. The Morgan fingerprint density at radius 3 is 2.60 bits per heavy atom. The average molecular weight is 338 g/mol. The van der Waals surface area contributed by atoms with Gasteiger partial charge in [0.05, 0.1) is 5.56 Å². The molecule has 2 unspecified atom stereocenters. The van der Waals surface area contributed by atoms with Gasteiger partial charge in [-0.15, -0.1) is 0 Å². The van der Waals surface area contributed by atoms with Gasteiger partial charge in [0.2, 0.25) is 0 Å². The first-order valence-corrected chi connectivity index (χ1v) is 8.67. The fraction of sp³-hybridized carbons (Fsp3) is 0.350. The van der Waals surface area contributed by atoms with Gasteiger partial charge in [-0.05, 0) is 37.0 Å². The number of hydrogen-bond acceptors (Lipinski definition) is 3. The summed E-state index contributed by atoms with van der Waals surface area (Å²) in [5.74, 6) is -0.853. The van der Waals surface area contributed by atoms with Crippen LogP contribution in [0.4, 0.5) is 0 Å². The highest BCUT2D eigenvalue weighted by molar-refractivity contribution is 5.95. The molecule has 0 bridgehead atoms. The predicted octanol–water partition coefficient (Wildman–Crippen LogP) is 3.58. The molecular weight excluding hydrogens is 316 g/mol. The van der Waals surface area contributed by atoms with Gasteiger partial charge in [0, 0.05) is 24.7 Å². The number of benzene rings is 1. The molecule has 1 N–H and O–H groups in total. The van der Waals surface area contributed by atoms with Crippen LogP contribution in [-0.4, -0.2) is 39.5 Å². The number of carboxylic acid groups (broad SMARTS) is 1. The van der Waals surface area contributed by atoms with Gasteiger partial charge >= 0.3 is 5.97 Å². The van der Waals surface area contributed by atoms with Crippen LogP contribution in [0.2, 0.25) is 0 Å². The van der Waals surface area contributed by atoms with Crippen LogP contribution in [0.5, 0.6) is 0 Å². The number of rotatable bonds is 5. The molecule has 5 heteroatoms. The SMILES string of the molecule is CCC(c1ccccc1)C1CCCN1C(=O)c1ccc(C(=O)O)nc1. The van der Waals surface area contributed by atoms with Crippen LogP contribution in [0.25, 0.3) is 0 Å². The minimum Gasteiger partial charge on any atom is -0.477 e. The highest BCUT2D eigenvalue weighted by Crippen LogP contribution is 2.34. The molecule has 25 heavy (non-hydrogen) atoms. The van der Waals surface area contributed by atoms with Gasteiger partial charge in [0.15, 0.2) is 0 Å². The number of amides is 1. The normalized spacial score (nSPS) is 18.1. The molecule has 2 atom stereocenters. The summed E-state index contributed by atoms with van der Waals surface area (Å²) in [5.41, 5.74) is 1.65. The summed E-state index contributed by atoms with van der Waals surface area (Å²) in [7, 11) is 0. The lowest BCUT2D eigenvalue weighted by Crippen LogP contribution is -2.39. The topological polar surface area (TPSA) is 70.5 Å². The van der Waals surface area contributed by atoms with E-state index in [4.69, 9.17) is 5.11 Å². The van der Waals surface area contributed by atoms with E-state index in [1.165, 1.54) is 17.8 Å². The summed E-state index contributed by atoms with van der Waals surface area (Å²) < 4.78 is 0. The smallest absolute Gasteiger partial charge is 0.354 e. The van der Waals surface area contributed by atoms with Crippen LogP contribution in [0.3, 0.4) is 0 Å². The zero-order valence-corrected chi connectivity index (χ0v) is 14.3. The summed E-state index contributed by atoms with van der Waals surface area (Å²) in [4.78, 5) is 29.6. The van der Waals surface area contributed by atoms with E-state index < -0.39 is 5.97 Å². The second-order valence-corrected chi connectivity index (χ2v) is 6.37. The van der Waals surface area contributed by atoms with Crippen LogP contribution >= 0.6 is 0 Å². The monoisotopic (exact) mass is 338 g/mol. The molecule has 1 aliphatic heterocycles. The molecule has 1 aliphatic rings. The number of aromatic carboxylic acids is 1. The summed E-state index contributed by atoms with van der Waals surface area (Å²) in [6.45, 7) is 2.88. The third-order valence-corrected chi connectivity index (χ3v) is 4.92. The van der Waals surface area contributed by atoms with Crippen molar-refractivity contribution >= 4 is 11.9 Å². The number of likely N-dealkylation sites (tertiary alicyclic amines) is 1. The maximum Gasteiger partial charge on any atom is 0.354 e. The standard InChI is InChI=1S/C20H22N2O3/c1-2-16(14-7-4-3-5-8-14)18-9-6-12-22(18)19(23)15-10-11-17(20(24)25)21-13-15/h3-5,7-8,10-11,13,16,18H,2,6,9,12H2,1H3,(H,24,25). The quantitative estimate of drug-likeness (QED) is 0.904. The first-order chi connectivity index (χ1) is 12.1. The van der Waals surface area contributed by atoms with Gasteiger partial charge in [0.25, 0.3) is 5.91 Å². The van der Waals surface area contributed by atoms with Gasteiger partial charge in [0.1, 0.15) is 5.69 Å². The summed E-state index contributed by atoms with van der Waals surface area (Å²) in [5, 5.41) is 8.94. The second kappa shape index (κ2) is 7.47.